The van der Waals surface area contributed by atoms with Gasteiger partial charge < -0.3 is 9.84 Å². The molecule has 1 fully saturated rings. The maximum atomic E-state index is 8.98. The molecule has 2 heteroatoms. The highest BCUT2D eigenvalue weighted by atomic mass is 16.5. The van der Waals surface area contributed by atoms with Crippen LogP contribution >= 0.6 is 0 Å². The van der Waals surface area contributed by atoms with Crippen LogP contribution in [-0.2, 0) is 4.74 Å². The maximum Gasteiger partial charge on any atom is 0.0806 e. The van der Waals surface area contributed by atoms with Gasteiger partial charge in [0.2, 0.25) is 0 Å². The second-order valence-electron chi connectivity index (χ2n) is 4.27. The molecule has 1 heterocycles. The van der Waals surface area contributed by atoms with Gasteiger partial charge in [-0.3, -0.25) is 0 Å². The van der Waals surface area contributed by atoms with Crippen LogP contribution in [0, 0.1) is 6.92 Å². The van der Waals surface area contributed by atoms with E-state index in [2.05, 4.69) is 31.2 Å². The fraction of sp³-hybridized carbons (Fsp3) is 0.538. The van der Waals surface area contributed by atoms with Gasteiger partial charge in [0.25, 0.3) is 0 Å². The van der Waals surface area contributed by atoms with Crippen molar-refractivity contribution in [2.24, 2.45) is 0 Å². The summed E-state index contributed by atoms with van der Waals surface area (Å²) in [5.74, 6) is 0.508. The Morgan fingerprint density at radius 1 is 1.33 bits per heavy atom. The van der Waals surface area contributed by atoms with Crippen molar-refractivity contribution in [1.82, 2.24) is 0 Å². The number of aliphatic hydroxyl groups is 1. The Hall–Kier alpha value is -0.860. The zero-order valence-corrected chi connectivity index (χ0v) is 9.15. The van der Waals surface area contributed by atoms with Crippen LogP contribution in [0.5, 0.6) is 0 Å². The summed E-state index contributed by atoms with van der Waals surface area (Å²) in [6.07, 6.45) is 2.15. The van der Waals surface area contributed by atoms with Crippen LogP contribution in [0.15, 0.2) is 24.3 Å². The lowest BCUT2D eigenvalue weighted by Crippen LogP contribution is -2.27. The molecule has 2 nitrogen and oxygen atoms in total. The number of aryl methyl sites for hydroxylation is 1. The third-order valence-electron chi connectivity index (χ3n) is 3.20. The summed E-state index contributed by atoms with van der Waals surface area (Å²) in [4.78, 5) is 0. The van der Waals surface area contributed by atoms with Gasteiger partial charge >= 0.3 is 0 Å². The van der Waals surface area contributed by atoms with Gasteiger partial charge in [0, 0.05) is 5.92 Å². The molecule has 0 aliphatic carbocycles. The molecule has 0 radical (unpaired) electrons. The van der Waals surface area contributed by atoms with Crippen molar-refractivity contribution >= 4 is 0 Å². The lowest BCUT2D eigenvalue weighted by Gasteiger charge is -2.29. The Bertz CT molecular complexity index is 314. The predicted octanol–water partition coefficient (Wildman–Crippen LogP) is 2.25. The molecule has 0 bridgehead atoms. The van der Waals surface area contributed by atoms with Crippen LogP contribution in [0.3, 0.4) is 0 Å². The maximum absolute atomic E-state index is 8.98. The van der Waals surface area contributed by atoms with Gasteiger partial charge in [0.1, 0.15) is 0 Å². The molecule has 2 atom stereocenters. The van der Waals surface area contributed by atoms with Crippen molar-refractivity contribution in [3.63, 3.8) is 0 Å². The van der Waals surface area contributed by atoms with E-state index in [9.17, 15) is 0 Å². The number of rotatable bonds is 2. The van der Waals surface area contributed by atoms with Gasteiger partial charge in [-0.15, -0.1) is 0 Å². The summed E-state index contributed by atoms with van der Waals surface area (Å²) < 4.78 is 5.60. The second kappa shape index (κ2) is 4.77. The molecule has 0 amide bonds. The summed E-state index contributed by atoms with van der Waals surface area (Å²) >= 11 is 0. The van der Waals surface area contributed by atoms with Crippen LogP contribution in [0.25, 0.3) is 0 Å². The Labute approximate surface area is 90.9 Å². The minimum absolute atomic E-state index is 0.0604. The Balaban J connectivity index is 2.04. The van der Waals surface area contributed by atoms with Crippen molar-refractivity contribution in [2.45, 2.75) is 31.8 Å². The standard InChI is InChI=1S/C13H18O2/c1-10-4-2-3-5-13(10)11-6-7-12(8-14)15-9-11/h2-5,11-12,14H,6-9H2,1H3. The van der Waals surface area contributed by atoms with Crippen LogP contribution in [-0.4, -0.2) is 24.4 Å². The summed E-state index contributed by atoms with van der Waals surface area (Å²) in [5.41, 5.74) is 2.74. The minimum Gasteiger partial charge on any atom is -0.394 e. The second-order valence-corrected chi connectivity index (χ2v) is 4.27. The first-order valence-corrected chi connectivity index (χ1v) is 5.59. The molecule has 1 saturated heterocycles. The molecule has 1 aliphatic heterocycles. The van der Waals surface area contributed by atoms with Gasteiger partial charge in [-0.1, -0.05) is 24.3 Å². The van der Waals surface area contributed by atoms with E-state index < -0.39 is 0 Å². The zero-order valence-electron chi connectivity index (χ0n) is 9.15. The van der Waals surface area contributed by atoms with Crippen molar-refractivity contribution in [2.75, 3.05) is 13.2 Å². The molecule has 0 saturated carbocycles. The smallest absolute Gasteiger partial charge is 0.0806 e. The van der Waals surface area contributed by atoms with Crippen LogP contribution in [0.4, 0.5) is 0 Å². The normalized spacial score (nSPS) is 26.5. The summed E-state index contributed by atoms with van der Waals surface area (Å²) in [5, 5.41) is 8.98. The Morgan fingerprint density at radius 3 is 2.73 bits per heavy atom. The molecular formula is C13H18O2. The SMILES string of the molecule is Cc1ccccc1C1CCC(CO)OC1. The van der Waals surface area contributed by atoms with Crippen molar-refractivity contribution < 1.29 is 9.84 Å². The van der Waals surface area contributed by atoms with Crippen molar-refractivity contribution in [3.8, 4) is 0 Å². The monoisotopic (exact) mass is 206 g/mol. The molecular weight excluding hydrogens is 188 g/mol. The van der Waals surface area contributed by atoms with Crippen molar-refractivity contribution in [1.29, 1.82) is 0 Å². The Morgan fingerprint density at radius 2 is 2.13 bits per heavy atom. The van der Waals surface area contributed by atoms with Gasteiger partial charge in [0.05, 0.1) is 19.3 Å². The van der Waals surface area contributed by atoms with Crippen LogP contribution in [0.2, 0.25) is 0 Å². The van der Waals surface area contributed by atoms with E-state index in [4.69, 9.17) is 9.84 Å². The highest BCUT2D eigenvalue weighted by Crippen LogP contribution is 2.29. The first-order chi connectivity index (χ1) is 7.31. The van der Waals surface area contributed by atoms with Crippen molar-refractivity contribution in [3.05, 3.63) is 35.4 Å². The van der Waals surface area contributed by atoms with Crippen LogP contribution < -0.4 is 0 Å². The number of hydrogen-bond donors (Lipinski definition) is 1. The van der Waals surface area contributed by atoms with E-state index in [1.54, 1.807) is 0 Å². The van der Waals surface area contributed by atoms with E-state index in [0.717, 1.165) is 19.4 Å². The van der Waals surface area contributed by atoms with E-state index in [-0.39, 0.29) is 12.7 Å². The predicted molar refractivity (Wildman–Crippen MR) is 60.0 cm³/mol. The molecule has 0 spiro atoms. The molecule has 1 aromatic rings. The average molecular weight is 206 g/mol. The van der Waals surface area contributed by atoms with E-state index in [1.807, 2.05) is 0 Å². The lowest BCUT2D eigenvalue weighted by molar-refractivity contribution is -0.0270. The summed E-state index contributed by atoms with van der Waals surface area (Å²) in [6.45, 7) is 3.05. The van der Waals surface area contributed by atoms with Gasteiger partial charge in [-0.05, 0) is 30.9 Å². The molecule has 1 aliphatic rings. The van der Waals surface area contributed by atoms with Gasteiger partial charge in [0.15, 0.2) is 0 Å². The average Bonchev–Trinajstić information content (AvgIpc) is 2.30. The summed E-state index contributed by atoms with van der Waals surface area (Å²) in [6, 6.07) is 8.48. The van der Waals surface area contributed by atoms with E-state index in [0.29, 0.717) is 5.92 Å². The first-order valence-electron chi connectivity index (χ1n) is 5.59. The summed E-state index contributed by atoms with van der Waals surface area (Å²) in [7, 11) is 0. The molecule has 82 valence electrons. The third kappa shape index (κ3) is 2.39. The fourth-order valence-electron chi connectivity index (χ4n) is 2.24. The number of ether oxygens (including phenoxy) is 1. The number of aliphatic hydroxyl groups excluding tert-OH is 1. The topological polar surface area (TPSA) is 29.5 Å². The molecule has 1 aromatic carbocycles. The molecule has 2 unspecified atom stereocenters. The minimum atomic E-state index is 0.0604. The highest BCUT2D eigenvalue weighted by Gasteiger charge is 2.22. The first kappa shape index (κ1) is 10.7. The van der Waals surface area contributed by atoms with Crippen LogP contribution in [0.1, 0.15) is 29.9 Å². The fourth-order valence-corrected chi connectivity index (χ4v) is 2.24. The quantitative estimate of drug-likeness (QED) is 0.804. The number of hydrogen-bond acceptors (Lipinski definition) is 2. The molecule has 2 rings (SSSR count). The van der Waals surface area contributed by atoms with E-state index >= 15 is 0 Å². The zero-order chi connectivity index (χ0) is 10.7. The van der Waals surface area contributed by atoms with E-state index in [1.165, 1.54) is 11.1 Å². The third-order valence-corrected chi connectivity index (χ3v) is 3.20. The molecule has 0 aromatic heterocycles. The van der Waals surface area contributed by atoms with Gasteiger partial charge in [-0.25, -0.2) is 0 Å². The highest BCUT2D eigenvalue weighted by molar-refractivity contribution is 5.29. The Kier molecular flexibility index (Phi) is 3.39. The molecule has 1 N–H and O–H groups in total. The van der Waals surface area contributed by atoms with Gasteiger partial charge in [-0.2, -0.15) is 0 Å². The lowest BCUT2D eigenvalue weighted by atomic mass is 9.89. The number of benzene rings is 1. The largest absolute Gasteiger partial charge is 0.394 e. The molecule has 15 heavy (non-hydrogen) atoms.